The van der Waals surface area contributed by atoms with E-state index in [1.54, 1.807) is 10.4 Å². The highest BCUT2D eigenvalue weighted by Crippen LogP contribution is 2.34. The Morgan fingerprint density at radius 3 is 2.48 bits per heavy atom. The van der Waals surface area contributed by atoms with E-state index in [0.717, 1.165) is 6.42 Å². The zero-order valence-electron chi connectivity index (χ0n) is 13.1. The van der Waals surface area contributed by atoms with Crippen LogP contribution in [0.1, 0.15) is 59.2 Å². The Morgan fingerprint density at radius 2 is 1.81 bits per heavy atom. The van der Waals surface area contributed by atoms with Crippen LogP contribution in [0, 0.1) is 5.92 Å². The number of rotatable bonds is 4. The lowest BCUT2D eigenvalue weighted by Gasteiger charge is -2.11. The van der Waals surface area contributed by atoms with Gasteiger partial charge < -0.3 is 5.73 Å². The second-order valence-electron chi connectivity index (χ2n) is 6.62. The highest BCUT2D eigenvalue weighted by Gasteiger charge is 2.17. The third-order valence-corrected chi connectivity index (χ3v) is 5.63. The summed E-state index contributed by atoms with van der Waals surface area (Å²) in [5.74, 6) is 0.702. The largest absolute Gasteiger partial charge is 0.320 e. The van der Waals surface area contributed by atoms with Crippen molar-refractivity contribution < 1.29 is 0 Å². The number of hydrogen-bond donors (Lipinski definition) is 1. The molecule has 1 aromatic carbocycles. The van der Waals surface area contributed by atoms with Gasteiger partial charge in [0.1, 0.15) is 0 Å². The first-order valence-electron chi connectivity index (χ1n) is 8.09. The van der Waals surface area contributed by atoms with E-state index >= 15 is 0 Å². The van der Waals surface area contributed by atoms with Crippen molar-refractivity contribution in [3.05, 3.63) is 56.8 Å². The summed E-state index contributed by atoms with van der Waals surface area (Å²) < 4.78 is 0. The van der Waals surface area contributed by atoms with Crippen LogP contribution in [0.2, 0.25) is 0 Å². The van der Waals surface area contributed by atoms with Gasteiger partial charge in [-0.3, -0.25) is 0 Å². The summed E-state index contributed by atoms with van der Waals surface area (Å²) in [6, 6.07) is 11.3. The van der Waals surface area contributed by atoms with Crippen molar-refractivity contribution in [2.24, 2.45) is 11.7 Å². The molecule has 0 amide bonds. The van der Waals surface area contributed by atoms with Gasteiger partial charge in [0.25, 0.3) is 0 Å². The zero-order valence-corrected chi connectivity index (χ0v) is 13.9. The van der Waals surface area contributed by atoms with Gasteiger partial charge >= 0.3 is 0 Å². The Kier molecular flexibility index (Phi) is 4.46. The maximum absolute atomic E-state index is 6.49. The molecule has 0 aliphatic heterocycles. The molecule has 0 saturated carbocycles. The molecule has 3 rings (SSSR count). The van der Waals surface area contributed by atoms with Crippen LogP contribution in [0.15, 0.2) is 30.3 Å². The lowest BCUT2D eigenvalue weighted by atomic mass is 9.97. The van der Waals surface area contributed by atoms with Crippen LogP contribution < -0.4 is 5.73 Å². The first kappa shape index (κ1) is 14.8. The lowest BCUT2D eigenvalue weighted by Crippen LogP contribution is -2.10. The molecule has 1 unspecified atom stereocenters. The summed E-state index contributed by atoms with van der Waals surface area (Å²) >= 11 is 1.93. The Balaban J connectivity index is 1.78. The zero-order chi connectivity index (χ0) is 14.8. The van der Waals surface area contributed by atoms with Crippen molar-refractivity contribution in [2.75, 3.05) is 0 Å². The van der Waals surface area contributed by atoms with Crippen molar-refractivity contribution in [3.63, 3.8) is 0 Å². The van der Waals surface area contributed by atoms with Gasteiger partial charge in [0.2, 0.25) is 0 Å². The Hall–Kier alpha value is -1.12. The molecule has 1 aliphatic carbocycles. The molecule has 1 nitrogen and oxygen atoms in total. The van der Waals surface area contributed by atoms with Gasteiger partial charge in [0.15, 0.2) is 0 Å². The predicted octanol–water partition coefficient (Wildman–Crippen LogP) is 4.87. The Bertz CT molecular complexity index is 571. The summed E-state index contributed by atoms with van der Waals surface area (Å²) in [7, 11) is 0. The SMILES string of the molecule is CC(C)Cc1ccc(C(N)c2cc3c(s2)CCCC3)cc1. The molecular weight excluding hydrogens is 274 g/mol. The first-order valence-corrected chi connectivity index (χ1v) is 8.91. The average Bonchev–Trinajstić information content (AvgIpc) is 2.90. The van der Waals surface area contributed by atoms with Crippen LogP contribution in [0.3, 0.4) is 0 Å². The molecule has 2 N–H and O–H groups in total. The lowest BCUT2D eigenvalue weighted by molar-refractivity contribution is 0.647. The summed E-state index contributed by atoms with van der Waals surface area (Å²) in [4.78, 5) is 2.90. The summed E-state index contributed by atoms with van der Waals surface area (Å²) in [5.41, 5.74) is 10.7. The predicted molar refractivity (Wildman–Crippen MR) is 92.0 cm³/mol. The molecule has 0 saturated heterocycles. The van der Waals surface area contributed by atoms with E-state index in [-0.39, 0.29) is 6.04 Å². The fourth-order valence-corrected chi connectivity index (χ4v) is 4.45. The van der Waals surface area contributed by atoms with Crippen molar-refractivity contribution in [2.45, 2.75) is 52.0 Å². The van der Waals surface area contributed by atoms with Crippen LogP contribution >= 0.6 is 11.3 Å². The highest BCUT2D eigenvalue weighted by atomic mass is 32.1. The molecule has 0 bridgehead atoms. The van der Waals surface area contributed by atoms with Crippen molar-refractivity contribution in [3.8, 4) is 0 Å². The molecular formula is C19H25NS. The van der Waals surface area contributed by atoms with Gasteiger partial charge in [-0.1, -0.05) is 38.1 Å². The minimum absolute atomic E-state index is 0.0358. The number of aryl methyl sites for hydroxylation is 2. The molecule has 1 heterocycles. The molecule has 0 spiro atoms. The van der Waals surface area contributed by atoms with Gasteiger partial charge in [-0.15, -0.1) is 11.3 Å². The number of thiophene rings is 1. The summed E-state index contributed by atoms with van der Waals surface area (Å²) in [6.45, 7) is 4.52. The molecule has 0 fully saturated rings. The van der Waals surface area contributed by atoms with Crippen molar-refractivity contribution in [1.29, 1.82) is 0 Å². The van der Waals surface area contributed by atoms with E-state index in [1.807, 2.05) is 11.3 Å². The molecule has 112 valence electrons. The second-order valence-corrected chi connectivity index (χ2v) is 7.79. The smallest absolute Gasteiger partial charge is 0.0646 e. The molecule has 1 atom stereocenters. The molecule has 21 heavy (non-hydrogen) atoms. The van der Waals surface area contributed by atoms with E-state index in [4.69, 9.17) is 5.73 Å². The summed E-state index contributed by atoms with van der Waals surface area (Å²) in [5, 5.41) is 0. The fraction of sp³-hybridized carbons (Fsp3) is 0.474. The third-order valence-electron chi connectivity index (χ3n) is 4.30. The van der Waals surface area contributed by atoms with E-state index in [1.165, 1.54) is 41.7 Å². The first-order chi connectivity index (χ1) is 10.1. The van der Waals surface area contributed by atoms with E-state index in [2.05, 4.69) is 44.2 Å². The van der Waals surface area contributed by atoms with Crippen molar-refractivity contribution in [1.82, 2.24) is 0 Å². The van der Waals surface area contributed by atoms with E-state index < -0.39 is 0 Å². The minimum Gasteiger partial charge on any atom is -0.320 e. The van der Waals surface area contributed by atoms with Gasteiger partial charge in [0.05, 0.1) is 6.04 Å². The average molecular weight is 299 g/mol. The topological polar surface area (TPSA) is 26.0 Å². The number of nitrogens with two attached hydrogens (primary N) is 1. The number of fused-ring (bicyclic) bond motifs is 1. The van der Waals surface area contributed by atoms with Gasteiger partial charge in [-0.05, 0) is 60.8 Å². The Labute approximate surface area is 132 Å². The molecule has 0 radical (unpaired) electrons. The quantitative estimate of drug-likeness (QED) is 0.856. The maximum atomic E-state index is 6.49. The maximum Gasteiger partial charge on any atom is 0.0646 e. The van der Waals surface area contributed by atoms with Crippen LogP contribution in [0.25, 0.3) is 0 Å². The van der Waals surface area contributed by atoms with Crippen LogP contribution in [0.4, 0.5) is 0 Å². The standard InChI is InChI=1S/C19H25NS/c1-13(2)11-14-7-9-15(10-8-14)19(20)18-12-16-5-3-4-6-17(16)21-18/h7-10,12-13,19H,3-6,11,20H2,1-2H3. The van der Waals surface area contributed by atoms with E-state index in [9.17, 15) is 0 Å². The van der Waals surface area contributed by atoms with Gasteiger partial charge in [-0.25, -0.2) is 0 Å². The number of benzene rings is 1. The molecule has 2 aromatic rings. The van der Waals surface area contributed by atoms with Crippen molar-refractivity contribution >= 4 is 11.3 Å². The van der Waals surface area contributed by atoms with Crippen LogP contribution in [0.5, 0.6) is 0 Å². The van der Waals surface area contributed by atoms with E-state index in [0.29, 0.717) is 5.92 Å². The van der Waals surface area contributed by atoms with Crippen LogP contribution in [-0.4, -0.2) is 0 Å². The molecule has 1 aliphatic rings. The monoisotopic (exact) mass is 299 g/mol. The normalized spacial score (nSPS) is 16.0. The highest BCUT2D eigenvalue weighted by molar-refractivity contribution is 7.12. The second kappa shape index (κ2) is 6.33. The molecule has 1 aromatic heterocycles. The number of hydrogen-bond acceptors (Lipinski definition) is 2. The Morgan fingerprint density at radius 1 is 1.10 bits per heavy atom. The fourth-order valence-electron chi connectivity index (χ4n) is 3.16. The minimum atomic E-state index is 0.0358. The van der Waals surface area contributed by atoms with Gasteiger partial charge in [0, 0.05) is 9.75 Å². The molecule has 2 heteroatoms. The third kappa shape index (κ3) is 3.38. The van der Waals surface area contributed by atoms with Gasteiger partial charge in [-0.2, -0.15) is 0 Å². The van der Waals surface area contributed by atoms with Crippen LogP contribution in [-0.2, 0) is 19.3 Å². The summed E-state index contributed by atoms with van der Waals surface area (Å²) in [6.07, 6.45) is 6.31.